The molecule has 0 saturated heterocycles. The van der Waals surface area contributed by atoms with Gasteiger partial charge in [-0.3, -0.25) is 4.79 Å². The molecule has 0 saturated carbocycles. The van der Waals surface area contributed by atoms with Gasteiger partial charge >= 0.3 is 0 Å². The maximum absolute atomic E-state index is 11.3. The molecule has 2 N–H and O–H groups in total. The topological polar surface area (TPSA) is 83.0 Å². The second kappa shape index (κ2) is 8.48. The molecule has 0 aliphatic rings. The van der Waals surface area contributed by atoms with Crippen molar-refractivity contribution in [3.63, 3.8) is 0 Å². The second-order valence-corrected chi connectivity index (χ2v) is 7.08. The number of hydrogen-bond donors (Lipinski definition) is 1. The predicted molar refractivity (Wildman–Crippen MR) is 109 cm³/mol. The Kier molecular flexibility index (Phi) is 6.06. The van der Waals surface area contributed by atoms with Crippen molar-refractivity contribution in [2.24, 2.45) is 0 Å². The molecule has 0 aliphatic carbocycles. The number of benzene rings is 1. The van der Waals surface area contributed by atoms with Crippen LogP contribution in [-0.2, 0) is 22.5 Å². The number of rotatable bonds is 9. The van der Waals surface area contributed by atoms with Gasteiger partial charge in [0.2, 0.25) is 0 Å². The van der Waals surface area contributed by atoms with Crippen LogP contribution in [0.25, 0.3) is 21.9 Å². The molecule has 2 aromatic heterocycles. The SMILES string of the molecule is CCCCc1nc2c(N)nc3ccccc3c2n1CCOC(C)CC(C)=O. The molecular formula is C21H28N4O2. The Morgan fingerprint density at radius 3 is 2.81 bits per heavy atom. The Morgan fingerprint density at radius 1 is 1.30 bits per heavy atom. The average Bonchev–Trinajstić information content (AvgIpc) is 2.99. The van der Waals surface area contributed by atoms with Crippen LogP contribution in [0.15, 0.2) is 24.3 Å². The van der Waals surface area contributed by atoms with E-state index >= 15 is 0 Å². The van der Waals surface area contributed by atoms with E-state index in [-0.39, 0.29) is 11.9 Å². The number of aromatic nitrogens is 3. The zero-order valence-electron chi connectivity index (χ0n) is 16.4. The van der Waals surface area contributed by atoms with Crippen LogP contribution in [0.4, 0.5) is 5.82 Å². The third-order valence-electron chi connectivity index (χ3n) is 4.74. The summed E-state index contributed by atoms with van der Waals surface area (Å²) in [5.41, 5.74) is 8.86. The van der Waals surface area contributed by atoms with E-state index in [2.05, 4.69) is 22.5 Å². The quantitative estimate of drug-likeness (QED) is 0.619. The van der Waals surface area contributed by atoms with Crippen LogP contribution in [0.5, 0.6) is 0 Å². The Bertz CT molecular complexity index is 948. The van der Waals surface area contributed by atoms with Gasteiger partial charge in [0.05, 0.1) is 23.7 Å². The summed E-state index contributed by atoms with van der Waals surface area (Å²) in [7, 11) is 0. The van der Waals surface area contributed by atoms with Gasteiger partial charge in [-0.05, 0) is 26.3 Å². The molecule has 27 heavy (non-hydrogen) atoms. The molecule has 2 heterocycles. The van der Waals surface area contributed by atoms with E-state index in [0.717, 1.165) is 47.0 Å². The zero-order chi connectivity index (χ0) is 19.4. The molecule has 3 rings (SSSR count). The van der Waals surface area contributed by atoms with Gasteiger partial charge in [0, 0.05) is 24.8 Å². The number of aryl methyl sites for hydroxylation is 1. The highest BCUT2D eigenvalue weighted by molar-refractivity contribution is 6.06. The molecule has 0 spiro atoms. The van der Waals surface area contributed by atoms with Gasteiger partial charge in [0.25, 0.3) is 0 Å². The van der Waals surface area contributed by atoms with Crippen LogP contribution in [0, 0.1) is 0 Å². The highest BCUT2D eigenvalue weighted by Gasteiger charge is 2.17. The number of pyridine rings is 1. The van der Waals surface area contributed by atoms with E-state index in [4.69, 9.17) is 15.5 Å². The normalized spacial score (nSPS) is 12.7. The second-order valence-electron chi connectivity index (χ2n) is 7.08. The Morgan fingerprint density at radius 2 is 2.07 bits per heavy atom. The number of carbonyl (C=O) groups is 1. The van der Waals surface area contributed by atoms with Gasteiger partial charge in [-0.25, -0.2) is 9.97 Å². The van der Waals surface area contributed by atoms with Gasteiger partial charge in [-0.15, -0.1) is 0 Å². The minimum atomic E-state index is -0.0835. The fourth-order valence-electron chi connectivity index (χ4n) is 3.48. The molecule has 0 radical (unpaired) electrons. The lowest BCUT2D eigenvalue weighted by molar-refractivity contribution is -0.119. The molecule has 144 valence electrons. The van der Waals surface area contributed by atoms with Gasteiger partial charge in [-0.2, -0.15) is 0 Å². The van der Waals surface area contributed by atoms with Gasteiger partial charge in [0.15, 0.2) is 5.82 Å². The number of imidazole rings is 1. The molecule has 6 heteroatoms. The van der Waals surface area contributed by atoms with Crippen LogP contribution >= 0.6 is 0 Å². The highest BCUT2D eigenvalue weighted by Crippen LogP contribution is 2.29. The Labute approximate surface area is 159 Å². The van der Waals surface area contributed by atoms with Gasteiger partial charge < -0.3 is 15.0 Å². The minimum Gasteiger partial charge on any atom is -0.382 e. The first-order valence-corrected chi connectivity index (χ1v) is 9.65. The van der Waals surface area contributed by atoms with E-state index in [1.54, 1.807) is 6.92 Å². The van der Waals surface area contributed by atoms with E-state index in [9.17, 15) is 4.79 Å². The molecule has 0 fully saturated rings. The van der Waals surface area contributed by atoms with Crippen molar-refractivity contribution in [3.05, 3.63) is 30.1 Å². The number of para-hydroxylation sites is 1. The summed E-state index contributed by atoms with van der Waals surface area (Å²) < 4.78 is 8.07. The number of nitrogen functional groups attached to an aromatic ring is 1. The molecular weight excluding hydrogens is 340 g/mol. The smallest absolute Gasteiger partial charge is 0.152 e. The summed E-state index contributed by atoms with van der Waals surface area (Å²) in [6, 6.07) is 8.00. The lowest BCUT2D eigenvalue weighted by Crippen LogP contribution is -2.17. The first kappa shape index (κ1) is 19.3. The molecule has 1 atom stereocenters. The molecule has 3 aromatic rings. The number of carbonyl (C=O) groups excluding carboxylic acids is 1. The van der Waals surface area contributed by atoms with Gasteiger partial charge in [0.1, 0.15) is 17.1 Å². The van der Waals surface area contributed by atoms with Gasteiger partial charge in [-0.1, -0.05) is 31.5 Å². The lowest BCUT2D eigenvalue weighted by atomic mass is 10.2. The molecule has 0 amide bonds. The molecule has 1 aromatic carbocycles. The van der Waals surface area contributed by atoms with Crippen LogP contribution in [0.1, 0.15) is 45.9 Å². The number of ketones is 1. The Balaban J connectivity index is 1.98. The third-order valence-corrected chi connectivity index (χ3v) is 4.74. The maximum atomic E-state index is 11.3. The molecule has 0 aliphatic heterocycles. The van der Waals surface area contributed by atoms with E-state index in [0.29, 0.717) is 25.4 Å². The third kappa shape index (κ3) is 4.27. The zero-order valence-corrected chi connectivity index (χ0v) is 16.4. The van der Waals surface area contributed by atoms with Crippen molar-refractivity contribution >= 4 is 33.5 Å². The first-order valence-electron chi connectivity index (χ1n) is 9.65. The summed E-state index contributed by atoms with van der Waals surface area (Å²) >= 11 is 0. The van der Waals surface area contributed by atoms with E-state index in [1.165, 1.54) is 0 Å². The van der Waals surface area contributed by atoms with Crippen LogP contribution in [-0.4, -0.2) is 33.0 Å². The molecule has 1 unspecified atom stereocenters. The number of anilines is 1. The monoisotopic (exact) mass is 368 g/mol. The fourth-order valence-corrected chi connectivity index (χ4v) is 3.48. The number of fused-ring (bicyclic) bond motifs is 3. The lowest BCUT2D eigenvalue weighted by Gasteiger charge is -2.14. The average molecular weight is 368 g/mol. The molecule has 6 nitrogen and oxygen atoms in total. The predicted octanol–water partition coefficient (Wildman–Crippen LogP) is 3.89. The minimum absolute atomic E-state index is 0.0835. The summed E-state index contributed by atoms with van der Waals surface area (Å²) in [6.45, 7) is 6.89. The maximum Gasteiger partial charge on any atom is 0.152 e. The summed E-state index contributed by atoms with van der Waals surface area (Å²) in [4.78, 5) is 20.6. The van der Waals surface area contributed by atoms with Crippen molar-refractivity contribution in [2.45, 2.75) is 59.1 Å². The fraction of sp³-hybridized carbons (Fsp3) is 0.476. The number of Topliss-reactive ketones (excluding diaryl/α,β-unsaturated/α-hetero) is 1. The highest BCUT2D eigenvalue weighted by atomic mass is 16.5. The van der Waals surface area contributed by atoms with E-state index < -0.39 is 0 Å². The van der Waals surface area contributed by atoms with Crippen LogP contribution < -0.4 is 5.73 Å². The number of nitrogens with zero attached hydrogens (tertiary/aromatic N) is 3. The van der Waals surface area contributed by atoms with Crippen molar-refractivity contribution < 1.29 is 9.53 Å². The van der Waals surface area contributed by atoms with Crippen molar-refractivity contribution in [3.8, 4) is 0 Å². The van der Waals surface area contributed by atoms with Crippen molar-refractivity contribution in [1.82, 2.24) is 14.5 Å². The first-order chi connectivity index (χ1) is 13.0. The van der Waals surface area contributed by atoms with E-state index in [1.807, 2.05) is 25.1 Å². The number of ether oxygens (including phenoxy) is 1. The standard InChI is InChI=1S/C21H28N4O2/c1-4-5-10-18-24-19-20(16-8-6-7-9-17(16)23-21(19)22)25(18)11-12-27-15(3)13-14(2)26/h6-9,15H,4-5,10-13H2,1-3H3,(H2,22,23). The Hall–Kier alpha value is -2.47. The van der Waals surface area contributed by atoms with Crippen LogP contribution in [0.2, 0.25) is 0 Å². The van der Waals surface area contributed by atoms with Crippen LogP contribution in [0.3, 0.4) is 0 Å². The number of nitrogens with two attached hydrogens (primary N) is 1. The van der Waals surface area contributed by atoms with Crippen molar-refractivity contribution in [2.75, 3.05) is 12.3 Å². The number of unbranched alkanes of at least 4 members (excludes halogenated alkanes) is 1. The number of hydrogen-bond acceptors (Lipinski definition) is 5. The summed E-state index contributed by atoms with van der Waals surface area (Å²) in [5, 5.41) is 1.05. The largest absolute Gasteiger partial charge is 0.382 e. The summed E-state index contributed by atoms with van der Waals surface area (Å²) in [6.07, 6.45) is 3.41. The summed E-state index contributed by atoms with van der Waals surface area (Å²) in [5.74, 6) is 1.62. The van der Waals surface area contributed by atoms with Crippen molar-refractivity contribution in [1.29, 1.82) is 0 Å². The molecule has 0 bridgehead atoms.